The first-order chi connectivity index (χ1) is 14.6. The molecule has 1 aliphatic rings. The largest absolute Gasteiger partial charge is 0.371 e. The summed E-state index contributed by atoms with van der Waals surface area (Å²) in [5, 5.41) is 4.76. The highest BCUT2D eigenvalue weighted by Gasteiger charge is 2.27. The van der Waals surface area contributed by atoms with Crippen molar-refractivity contribution < 1.29 is 4.79 Å². The number of rotatable bonds is 4. The van der Waals surface area contributed by atoms with Crippen LogP contribution >= 0.6 is 36.2 Å². The van der Waals surface area contributed by atoms with Gasteiger partial charge in [0, 0.05) is 46.3 Å². The van der Waals surface area contributed by atoms with Crippen LogP contribution in [0.25, 0.3) is 10.9 Å². The van der Waals surface area contributed by atoms with Gasteiger partial charge in [0.25, 0.3) is 0 Å². The molecule has 0 unspecified atom stereocenters. The van der Waals surface area contributed by atoms with Crippen LogP contribution in [0, 0.1) is 0 Å². The molecule has 1 aromatic heterocycles. The smallest absolute Gasteiger partial charge is 0.331 e. The van der Waals surface area contributed by atoms with Gasteiger partial charge in [0.1, 0.15) is 0 Å². The third-order valence-corrected chi connectivity index (χ3v) is 6.93. The van der Waals surface area contributed by atoms with Crippen LogP contribution in [0.1, 0.15) is 12.8 Å². The van der Waals surface area contributed by atoms with Crippen molar-refractivity contribution >= 4 is 64.5 Å². The van der Waals surface area contributed by atoms with E-state index in [-0.39, 0.29) is 12.1 Å². The summed E-state index contributed by atoms with van der Waals surface area (Å²) in [4.78, 5) is 20.5. The standard InChI is InChI=1S/C22H23ClN4OS2/c1-30-21-5-3-2-4-18(21)25-22(28)27(29)16-9-12-26(13-10-16)20-8-11-24-19-14-15(23)6-7-17(19)20/h2-8,11,14,16,29H,9-10,12-13H2,1H3,(H,25,28). The van der Waals surface area contributed by atoms with Crippen molar-refractivity contribution in [2.24, 2.45) is 0 Å². The number of fused-ring (bicyclic) bond motifs is 1. The van der Waals surface area contributed by atoms with Gasteiger partial charge in [0.15, 0.2) is 0 Å². The number of piperidine rings is 1. The van der Waals surface area contributed by atoms with E-state index in [0.29, 0.717) is 5.02 Å². The van der Waals surface area contributed by atoms with Crippen LogP contribution in [0.3, 0.4) is 0 Å². The molecule has 2 aromatic carbocycles. The summed E-state index contributed by atoms with van der Waals surface area (Å²) in [5.41, 5.74) is 2.86. The maximum atomic E-state index is 12.7. The minimum absolute atomic E-state index is 0.0774. The molecular formula is C22H23ClN4OS2. The van der Waals surface area contributed by atoms with Crippen molar-refractivity contribution in [2.75, 3.05) is 29.6 Å². The molecule has 0 bridgehead atoms. The molecule has 0 atom stereocenters. The lowest BCUT2D eigenvalue weighted by Gasteiger charge is -2.37. The van der Waals surface area contributed by atoms with Crippen LogP contribution < -0.4 is 10.2 Å². The van der Waals surface area contributed by atoms with Crippen molar-refractivity contribution in [3.63, 3.8) is 0 Å². The Bertz CT molecular complexity index is 1060. The van der Waals surface area contributed by atoms with Crippen LogP contribution in [0.2, 0.25) is 5.02 Å². The molecule has 1 N–H and O–H groups in total. The Balaban J connectivity index is 1.41. The van der Waals surface area contributed by atoms with Gasteiger partial charge in [-0.1, -0.05) is 36.5 Å². The minimum atomic E-state index is -0.192. The molecule has 2 heterocycles. The molecule has 2 amide bonds. The second-order valence-corrected chi connectivity index (χ2v) is 8.90. The average molecular weight is 459 g/mol. The number of thioether (sulfide) groups is 1. The number of para-hydroxylation sites is 1. The topological polar surface area (TPSA) is 48.5 Å². The number of amides is 2. The molecular weight excluding hydrogens is 436 g/mol. The summed E-state index contributed by atoms with van der Waals surface area (Å²) >= 11 is 12.2. The Morgan fingerprint density at radius 1 is 1.23 bits per heavy atom. The van der Waals surface area contributed by atoms with Crippen LogP contribution in [0.4, 0.5) is 16.2 Å². The van der Waals surface area contributed by atoms with E-state index in [1.54, 1.807) is 16.1 Å². The fraction of sp³-hybridized carbons (Fsp3) is 0.273. The average Bonchev–Trinajstić information content (AvgIpc) is 2.78. The summed E-state index contributed by atoms with van der Waals surface area (Å²) in [6.07, 6.45) is 5.51. The summed E-state index contributed by atoms with van der Waals surface area (Å²) in [6, 6.07) is 15.5. The van der Waals surface area contributed by atoms with Gasteiger partial charge in [-0.25, -0.2) is 4.79 Å². The highest BCUT2D eigenvalue weighted by Crippen LogP contribution is 2.31. The lowest BCUT2D eigenvalue weighted by molar-refractivity contribution is 0.223. The SMILES string of the molecule is CSc1ccccc1NC(=O)N(S)C1CCN(c2ccnc3cc(Cl)ccc23)CC1. The van der Waals surface area contributed by atoms with E-state index in [2.05, 4.69) is 28.0 Å². The van der Waals surface area contributed by atoms with E-state index in [1.807, 2.05) is 61.0 Å². The van der Waals surface area contributed by atoms with E-state index in [0.717, 1.165) is 53.1 Å². The van der Waals surface area contributed by atoms with Crippen LogP contribution in [-0.4, -0.2) is 40.7 Å². The zero-order valence-corrected chi connectivity index (χ0v) is 19.1. The number of urea groups is 1. The maximum Gasteiger partial charge on any atom is 0.331 e. The zero-order valence-electron chi connectivity index (χ0n) is 16.6. The summed E-state index contributed by atoms with van der Waals surface area (Å²) < 4.78 is 1.54. The fourth-order valence-electron chi connectivity index (χ4n) is 3.82. The molecule has 3 aromatic rings. The van der Waals surface area contributed by atoms with Gasteiger partial charge < -0.3 is 10.2 Å². The lowest BCUT2D eigenvalue weighted by Crippen LogP contribution is -2.44. The molecule has 5 nitrogen and oxygen atoms in total. The number of thiol groups is 1. The molecule has 0 radical (unpaired) electrons. The number of aromatic nitrogens is 1. The van der Waals surface area contributed by atoms with E-state index in [9.17, 15) is 4.79 Å². The van der Waals surface area contributed by atoms with Crippen LogP contribution in [0.5, 0.6) is 0 Å². The molecule has 1 aliphatic heterocycles. The van der Waals surface area contributed by atoms with Crippen molar-refractivity contribution in [1.82, 2.24) is 9.29 Å². The van der Waals surface area contributed by atoms with E-state index >= 15 is 0 Å². The van der Waals surface area contributed by atoms with Crippen LogP contribution in [-0.2, 0) is 0 Å². The summed E-state index contributed by atoms with van der Waals surface area (Å²) in [7, 11) is 0. The van der Waals surface area contributed by atoms with Gasteiger partial charge in [-0.15, -0.1) is 11.8 Å². The second kappa shape index (κ2) is 9.37. The number of carbonyl (C=O) groups excluding carboxylic acids is 1. The van der Waals surface area contributed by atoms with Crippen molar-refractivity contribution in [3.8, 4) is 0 Å². The van der Waals surface area contributed by atoms with Crippen molar-refractivity contribution in [3.05, 3.63) is 59.8 Å². The molecule has 0 saturated carbocycles. The number of halogens is 1. The van der Waals surface area contributed by atoms with Crippen molar-refractivity contribution in [2.45, 2.75) is 23.8 Å². The van der Waals surface area contributed by atoms with Gasteiger partial charge in [-0.3, -0.25) is 9.29 Å². The highest BCUT2D eigenvalue weighted by molar-refractivity contribution is 7.98. The van der Waals surface area contributed by atoms with Gasteiger partial charge in [-0.05, 0) is 55.5 Å². The normalized spacial score (nSPS) is 14.7. The van der Waals surface area contributed by atoms with Gasteiger partial charge in [0.2, 0.25) is 0 Å². The Labute approximate surface area is 191 Å². The number of nitrogens with one attached hydrogen (secondary N) is 1. The lowest BCUT2D eigenvalue weighted by atomic mass is 10.0. The molecule has 8 heteroatoms. The third kappa shape index (κ3) is 4.48. The van der Waals surface area contributed by atoms with E-state index in [4.69, 9.17) is 11.6 Å². The predicted octanol–water partition coefficient (Wildman–Crippen LogP) is 5.96. The first-order valence-electron chi connectivity index (χ1n) is 9.78. The minimum Gasteiger partial charge on any atom is -0.371 e. The zero-order chi connectivity index (χ0) is 21.1. The molecule has 4 rings (SSSR count). The van der Waals surface area contributed by atoms with Crippen molar-refractivity contribution in [1.29, 1.82) is 0 Å². The number of carbonyl (C=O) groups is 1. The third-order valence-electron chi connectivity index (χ3n) is 5.39. The summed E-state index contributed by atoms with van der Waals surface area (Å²) in [5.74, 6) is 0. The quantitative estimate of drug-likeness (QED) is 0.374. The molecule has 1 saturated heterocycles. The Morgan fingerprint density at radius 3 is 2.77 bits per heavy atom. The molecule has 156 valence electrons. The number of anilines is 2. The van der Waals surface area contributed by atoms with E-state index in [1.165, 1.54) is 0 Å². The van der Waals surface area contributed by atoms with Gasteiger partial charge >= 0.3 is 6.03 Å². The highest BCUT2D eigenvalue weighted by atomic mass is 35.5. The fourth-order valence-corrected chi connectivity index (χ4v) is 4.82. The number of pyridine rings is 1. The second-order valence-electron chi connectivity index (χ2n) is 7.18. The van der Waals surface area contributed by atoms with Crippen LogP contribution in [0.15, 0.2) is 59.6 Å². The van der Waals surface area contributed by atoms with E-state index < -0.39 is 0 Å². The Morgan fingerprint density at radius 2 is 2.00 bits per heavy atom. The first kappa shape index (κ1) is 21.2. The maximum absolute atomic E-state index is 12.7. The predicted molar refractivity (Wildman–Crippen MR) is 130 cm³/mol. The molecule has 0 spiro atoms. The van der Waals surface area contributed by atoms with Gasteiger partial charge in [-0.2, -0.15) is 0 Å². The monoisotopic (exact) mass is 458 g/mol. The number of hydrogen-bond donors (Lipinski definition) is 2. The Hall–Kier alpha value is -2.09. The number of benzene rings is 2. The molecule has 0 aliphatic carbocycles. The number of nitrogens with zero attached hydrogens (tertiary/aromatic N) is 3. The molecule has 1 fully saturated rings. The summed E-state index contributed by atoms with van der Waals surface area (Å²) in [6.45, 7) is 1.69. The number of hydrogen-bond acceptors (Lipinski definition) is 5. The van der Waals surface area contributed by atoms with Gasteiger partial charge in [0.05, 0.1) is 11.2 Å². The molecule has 30 heavy (non-hydrogen) atoms. The first-order valence-corrected chi connectivity index (χ1v) is 11.8. The Kier molecular flexibility index (Phi) is 6.61.